The van der Waals surface area contributed by atoms with Crippen molar-refractivity contribution in [2.24, 2.45) is 0 Å². The number of imidazole rings is 1. The van der Waals surface area contributed by atoms with Crippen molar-refractivity contribution < 1.29 is 17.9 Å². The molecule has 1 atom stereocenters. The summed E-state index contributed by atoms with van der Waals surface area (Å²) in [5.41, 5.74) is 4.31. The lowest BCUT2D eigenvalue weighted by Gasteiger charge is -2.19. The molecule has 0 spiro atoms. The second-order valence-electron chi connectivity index (χ2n) is 8.13. The minimum Gasteiger partial charge on any atom is -0.491 e. The maximum absolute atomic E-state index is 13.1. The fourth-order valence-corrected chi connectivity index (χ4v) is 5.00. The van der Waals surface area contributed by atoms with Gasteiger partial charge in [0.15, 0.2) is 5.75 Å². The molecule has 2 heterocycles. The van der Waals surface area contributed by atoms with Gasteiger partial charge >= 0.3 is 5.69 Å². The van der Waals surface area contributed by atoms with E-state index in [9.17, 15) is 13.2 Å². The summed E-state index contributed by atoms with van der Waals surface area (Å²) in [6, 6.07) is 16.1. The summed E-state index contributed by atoms with van der Waals surface area (Å²) < 4.78 is 37.0. The first-order valence-electron chi connectivity index (χ1n) is 10.9. The highest BCUT2D eigenvalue weighted by molar-refractivity contribution is 7.90. The maximum Gasteiger partial charge on any atom is 0.327 e. The molecule has 0 aliphatic rings. The Morgan fingerprint density at radius 3 is 2.56 bits per heavy atom. The lowest BCUT2D eigenvalue weighted by atomic mass is 10.0. The average Bonchev–Trinajstić information content (AvgIpc) is 3.12. The zero-order chi connectivity index (χ0) is 24.5. The minimum atomic E-state index is -3.47. The third-order valence-electron chi connectivity index (χ3n) is 5.63. The van der Waals surface area contributed by atoms with Gasteiger partial charge in [-0.05, 0) is 54.8 Å². The van der Waals surface area contributed by atoms with Crippen molar-refractivity contribution in [3.05, 3.63) is 76.3 Å². The third kappa shape index (κ3) is 4.70. The van der Waals surface area contributed by atoms with E-state index in [2.05, 4.69) is 9.97 Å². The van der Waals surface area contributed by atoms with Crippen molar-refractivity contribution in [3.8, 4) is 22.8 Å². The van der Waals surface area contributed by atoms with Gasteiger partial charge in [-0.15, -0.1) is 0 Å². The van der Waals surface area contributed by atoms with Crippen LogP contribution >= 0.6 is 0 Å². The van der Waals surface area contributed by atoms with E-state index in [1.54, 1.807) is 12.1 Å². The predicted octanol–water partition coefficient (Wildman–Crippen LogP) is 3.74. The Balaban J connectivity index is 1.89. The summed E-state index contributed by atoms with van der Waals surface area (Å²) in [5.74, 6) is 0.373. The summed E-state index contributed by atoms with van der Waals surface area (Å²) in [4.78, 5) is 20.5. The first-order chi connectivity index (χ1) is 16.2. The highest BCUT2D eigenvalue weighted by Crippen LogP contribution is 2.31. The number of ether oxygens (including phenoxy) is 2. The molecule has 4 aromatic rings. The molecule has 0 amide bonds. The summed E-state index contributed by atoms with van der Waals surface area (Å²) >= 11 is 0. The van der Waals surface area contributed by atoms with Crippen LogP contribution in [-0.4, -0.2) is 48.7 Å². The highest BCUT2D eigenvalue weighted by Gasteiger charge is 2.26. The largest absolute Gasteiger partial charge is 0.491 e. The molecule has 0 aliphatic heterocycles. The Morgan fingerprint density at radius 1 is 1.12 bits per heavy atom. The number of nitrogens with one attached hydrogen (secondary N) is 1. The zero-order valence-corrected chi connectivity index (χ0v) is 20.3. The maximum atomic E-state index is 13.1. The van der Waals surface area contributed by atoms with Crippen LogP contribution in [0.5, 0.6) is 11.6 Å². The van der Waals surface area contributed by atoms with Crippen molar-refractivity contribution in [3.63, 3.8) is 0 Å². The van der Waals surface area contributed by atoms with E-state index in [0.717, 1.165) is 22.9 Å². The van der Waals surface area contributed by atoms with Crippen LogP contribution in [0.3, 0.4) is 0 Å². The van der Waals surface area contributed by atoms with Crippen LogP contribution in [0.25, 0.3) is 22.2 Å². The van der Waals surface area contributed by atoms with E-state index in [4.69, 9.17) is 9.47 Å². The molecule has 8 nitrogen and oxygen atoms in total. The predicted molar refractivity (Wildman–Crippen MR) is 133 cm³/mol. The number of nitrogens with zero attached hydrogens (tertiary/aromatic N) is 2. The number of sulfone groups is 1. The third-order valence-corrected chi connectivity index (χ3v) is 6.56. The van der Waals surface area contributed by atoms with Crippen molar-refractivity contribution in [1.29, 1.82) is 0 Å². The molecule has 0 saturated carbocycles. The summed E-state index contributed by atoms with van der Waals surface area (Å²) in [5, 5.41) is 0. The first kappa shape index (κ1) is 23.6. The number of hydrogen-bond acceptors (Lipinski definition) is 6. The van der Waals surface area contributed by atoms with Gasteiger partial charge < -0.3 is 14.5 Å². The Hall–Kier alpha value is -3.59. The van der Waals surface area contributed by atoms with Crippen LogP contribution in [-0.2, 0) is 9.84 Å². The zero-order valence-electron chi connectivity index (χ0n) is 19.5. The number of rotatable bonds is 8. The Bertz CT molecular complexity index is 1500. The first-order valence-corrected chi connectivity index (χ1v) is 12.9. The molecule has 1 N–H and O–H groups in total. The summed E-state index contributed by atoms with van der Waals surface area (Å²) in [6.07, 6.45) is 1.14. The van der Waals surface area contributed by atoms with E-state index in [0.29, 0.717) is 29.1 Å². The van der Waals surface area contributed by atoms with Crippen molar-refractivity contribution in [2.75, 3.05) is 25.7 Å². The van der Waals surface area contributed by atoms with E-state index in [-0.39, 0.29) is 11.6 Å². The highest BCUT2D eigenvalue weighted by atomic mass is 32.2. The van der Waals surface area contributed by atoms with Gasteiger partial charge in [-0.3, -0.25) is 4.57 Å². The average molecular weight is 482 g/mol. The second kappa shape index (κ2) is 9.34. The molecular weight excluding hydrogens is 454 g/mol. The molecule has 9 heteroatoms. The Labute approximate surface area is 198 Å². The molecule has 178 valence electrons. The number of pyridine rings is 1. The molecule has 0 saturated heterocycles. The number of aryl methyl sites for hydroxylation is 1. The van der Waals surface area contributed by atoms with E-state index in [1.807, 2.05) is 56.3 Å². The van der Waals surface area contributed by atoms with Gasteiger partial charge in [-0.2, -0.15) is 0 Å². The van der Waals surface area contributed by atoms with Crippen LogP contribution in [0.2, 0.25) is 0 Å². The fourth-order valence-electron chi connectivity index (χ4n) is 4.11. The molecule has 4 rings (SSSR count). The summed E-state index contributed by atoms with van der Waals surface area (Å²) in [7, 11) is -1.96. The van der Waals surface area contributed by atoms with E-state index >= 15 is 0 Å². The van der Waals surface area contributed by atoms with Gasteiger partial charge in [0.05, 0.1) is 42.2 Å². The van der Waals surface area contributed by atoms with Crippen LogP contribution < -0.4 is 15.2 Å². The van der Waals surface area contributed by atoms with Crippen molar-refractivity contribution in [1.82, 2.24) is 14.5 Å². The SMILES string of the molecule is CCOc1nc([C@H](CS(C)(=O)=O)n2c(=O)[nH]c3cc(-c4ccccc4C)ccc32)ccc1OC. The Kier molecular flexibility index (Phi) is 6.47. The quantitative estimate of drug-likeness (QED) is 0.411. The van der Waals surface area contributed by atoms with Gasteiger partial charge in [0.25, 0.3) is 5.88 Å². The number of aromatic nitrogens is 3. The number of methoxy groups -OCH3 is 1. The van der Waals surface area contributed by atoms with Crippen molar-refractivity contribution in [2.45, 2.75) is 19.9 Å². The molecule has 0 aliphatic carbocycles. The molecule has 0 fully saturated rings. The lowest BCUT2D eigenvalue weighted by Crippen LogP contribution is -2.29. The van der Waals surface area contributed by atoms with Crippen LogP contribution in [0, 0.1) is 6.92 Å². The lowest BCUT2D eigenvalue weighted by molar-refractivity contribution is 0.296. The van der Waals surface area contributed by atoms with E-state index < -0.39 is 21.6 Å². The van der Waals surface area contributed by atoms with Crippen LogP contribution in [0.1, 0.15) is 24.2 Å². The molecule has 0 radical (unpaired) electrons. The number of aromatic amines is 1. The fraction of sp³-hybridized carbons (Fsp3) is 0.280. The number of benzene rings is 2. The van der Waals surface area contributed by atoms with Gasteiger partial charge in [0, 0.05) is 6.26 Å². The normalized spacial score (nSPS) is 12.6. The Morgan fingerprint density at radius 2 is 1.88 bits per heavy atom. The molecule has 2 aromatic carbocycles. The minimum absolute atomic E-state index is 0.246. The van der Waals surface area contributed by atoms with Crippen LogP contribution in [0.15, 0.2) is 59.4 Å². The molecule has 2 aromatic heterocycles. The molecular formula is C25H27N3O5S. The summed E-state index contributed by atoms with van der Waals surface area (Å²) in [6.45, 7) is 4.21. The number of H-pyrrole nitrogens is 1. The van der Waals surface area contributed by atoms with Crippen LogP contribution in [0.4, 0.5) is 0 Å². The standard InChI is InChI=1S/C25H27N3O5S/c1-5-33-24-23(32-3)13-11-19(26-24)22(15-34(4,30)31)28-21-12-10-17(14-20(21)27-25(28)29)18-9-7-6-8-16(18)2/h6-14,22H,5,15H2,1-4H3,(H,27,29)/t22-/m0/s1. The smallest absolute Gasteiger partial charge is 0.327 e. The van der Waals surface area contributed by atoms with Crippen molar-refractivity contribution >= 4 is 20.9 Å². The monoisotopic (exact) mass is 481 g/mol. The van der Waals surface area contributed by atoms with E-state index in [1.165, 1.54) is 11.7 Å². The number of hydrogen-bond donors (Lipinski definition) is 1. The molecule has 34 heavy (non-hydrogen) atoms. The van der Waals surface area contributed by atoms with Gasteiger partial charge in [0.2, 0.25) is 0 Å². The molecule has 0 bridgehead atoms. The second-order valence-corrected chi connectivity index (χ2v) is 10.3. The number of fused-ring (bicyclic) bond motifs is 1. The van der Waals surface area contributed by atoms with Gasteiger partial charge in [0.1, 0.15) is 9.84 Å². The van der Waals surface area contributed by atoms with Gasteiger partial charge in [-0.1, -0.05) is 30.3 Å². The topological polar surface area (TPSA) is 103 Å². The van der Waals surface area contributed by atoms with Gasteiger partial charge in [-0.25, -0.2) is 18.2 Å². The molecule has 0 unspecified atom stereocenters.